The van der Waals surface area contributed by atoms with Crippen LogP contribution in [0, 0.1) is 0 Å². The van der Waals surface area contributed by atoms with Gasteiger partial charge in [0.2, 0.25) is 0 Å². The molecule has 2 aromatic carbocycles. The topological polar surface area (TPSA) is 105 Å². The summed E-state index contributed by atoms with van der Waals surface area (Å²) in [7, 11) is 3.34. The van der Waals surface area contributed by atoms with Crippen LogP contribution in [0.2, 0.25) is 0 Å². The molecule has 7 heteroatoms. The Bertz CT molecular complexity index is 690. The summed E-state index contributed by atoms with van der Waals surface area (Å²) in [4.78, 5) is 18.2. The first-order valence-electron chi connectivity index (χ1n) is 7.89. The average Bonchev–Trinajstić information content (AvgIpc) is 2.66. The van der Waals surface area contributed by atoms with Crippen molar-refractivity contribution in [3.8, 4) is 11.5 Å². The summed E-state index contributed by atoms with van der Waals surface area (Å²) in [5, 5.41) is 18.2. The zero-order valence-electron chi connectivity index (χ0n) is 14.8. The molecular formula is C19H23NO6. The van der Waals surface area contributed by atoms with Gasteiger partial charge in [-0.25, -0.2) is 9.59 Å². The Hall–Kier alpha value is -3.06. The maximum Gasteiger partial charge on any atom is 0.414 e. The molecule has 26 heavy (non-hydrogen) atoms. The quantitative estimate of drug-likeness (QED) is 0.513. The summed E-state index contributed by atoms with van der Waals surface area (Å²) in [5.74, 6) is -1.98. The minimum absolute atomic E-state index is 0.792. The molecule has 0 radical (unpaired) electrons. The largest absolute Gasteiger partial charge is 0.497 e. The van der Waals surface area contributed by atoms with Crippen LogP contribution in [0.15, 0.2) is 48.5 Å². The molecule has 0 fully saturated rings. The third-order valence-corrected chi connectivity index (χ3v) is 3.43. The molecule has 0 spiro atoms. The maximum atomic E-state index is 9.10. The van der Waals surface area contributed by atoms with Gasteiger partial charge in [0.25, 0.3) is 0 Å². The standard InChI is InChI=1S/C17H21NO2.C2H2O4/c1-19-16-9-8-15(17(12-16)20-2)13-18-11-10-14-6-4-3-5-7-14;3-1(4)2(5)6/h3-9,12,18H,10-11,13H2,1-2H3;(H,3,4)(H,5,6). The molecule has 7 nitrogen and oxygen atoms in total. The number of nitrogens with one attached hydrogen (secondary N) is 1. The molecule has 0 heterocycles. The smallest absolute Gasteiger partial charge is 0.414 e. The molecule has 0 amide bonds. The van der Waals surface area contributed by atoms with Gasteiger partial charge in [-0.05, 0) is 24.6 Å². The van der Waals surface area contributed by atoms with E-state index in [2.05, 4.69) is 29.6 Å². The van der Waals surface area contributed by atoms with Crippen molar-refractivity contribution in [1.29, 1.82) is 0 Å². The van der Waals surface area contributed by atoms with E-state index in [4.69, 9.17) is 29.3 Å². The number of hydrogen-bond acceptors (Lipinski definition) is 5. The number of rotatable bonds is 7. The van der Waals surface area contributed by atoms with E-state index in [1.165, 1.54) is 5.56 Å². The molecule has 2 aromatic rings. The predicted octanol–water partition coefficient (Wildman–Crippen LogP) is 2.19. The number of carboxylic acids is 2. The first-order chi connectivity index (χ1) is 12.5. The van der Waals surface area contributed by atoms with Crippen LogP contribution in [0.1, 0.15) is 11.1 Å². The number of aliphatic carboxylic acids is 2. The van der Waals surface area contributed by atoms with Gasteiger partial charge >= 0.3 is 11.9 Å². The highest BCUT2D eigenvalue weighted by Crippen LogP contribution is 2.24. The number of carbonyl (C=O) groups is 2. The third-order valence-electron chi connectivity index (χ3n) is 3.43. The SMILES string of the molecule is COc1ccc(CNCCc2ccccc2)c(OC)c1.O=C(O)C(=O)O. The van der Waals surface area contributed by atoms with Crippen LogP contribution in [-0.2, 0) is 22.6 Å². The van der Waals surface area contributed by atoms with Crippen LogP contribution in [0.25, 0.3) is 0 Å². The minimum atomic E-state index is -1.82. The number of hydrogen-bond donors (Lipinski definition) is 3. The van der Waals surface area contributed by atoms with Crippen molar-refractivity contribution in [2.75, 3.05) is 20.8 Å². The molecule has 0 bridgehead atoms. The molecule has 0 unspecified atom stereocenters. The molecule has 140 valence electrons. The van der Waals surface area contributed by atoms with Crippen molar-refractivity contribution in [2.45, 2.75) is 13.0 Å². The number of benzene rings is 2. The van der Waals surface area contributed by atoms with Gasteiger partial charge in [0.05, 0.1) is 14.2 Å². The van der Waals surface area contributed by atoms with E-state index in [0.717, 1.165) is 36.6 Å². The minimum Gasteiger partial charge on any atom is -0.497 e. The van der Waals surface area contributed by atoms with E-state index in [0.29, 0.717) is 0 Å². The second kappa shape index (κ2) is 11.5. The number of carboxylic acid groups (broad SMARTS) is 2. The van der Waals surface area contributed by atoms with E-state index >= 15 is 0 Å². The number of methoxy groups -OCH3 is 2. The average molecular weight is 361 g/mol. The summed E-state index contributed by atoms with van der Waals surface area (Å²) < 4.78 is 10.6. The number of ether oxygens (including phenoxy) is 2. The van der Waals surface area contributed by atoms with Crippen molar-refractivity contribution in [2.24, 2.45) is 0 Å². The highest BCUT2D eigenvalue weighted by molar-refractivity contribution is 6.27. The Morgan fingerprint density at radius 3 is 2.15 bits per heavy atom. The lowest BCUT2D eigenvalue weighted by Gasteiger charge is -2.11. The molecule has 0 atom stereocenters. The Kier molecular flexibility index (Phi) is 9.27. The molecule has 0 aromatic heterocycles. The van der Waals surface area contributed by atoms with Gasteiger partial charge in [0, 0.05) is 18.2 Å². The van der Waals surface area contributed by atoms with Gasteiger partial charge in [-0.2, -0.15) is 0 Å². The monoisotopic (exact) mass is 361 g/mol. The second-order valence-corrected chi connectivity index (χ2v) is 5.20. The van der Waals surface area contributed by atoms with Crippen molar-refractivity contribution in [3.05, 3.63) is 59.7 Å². The zero-order valence-corrected chi connectivity index (χ0v) is 14.8. The molecule has 0 saturated heterocycles. The fraction of sp³-hybridized carbons (Fsp3) is 0.263. The van der Waals surface area contributed by atoms with Crippen molar-refractivity contribution in [3.63, 3.8) is 0 Å². The van der Waals surface area contributed by atoms with Gasteiger partial charge in [-0.3, -0.25) is 0 Å². The fourth-order valence-corrected chi connectivity index (χ4v) is 2.10. The van der Waals surface area contributed by atoms with Crippen LogP contribution in [0.5, 0.6) is 11.5 Å². The summed E-state index contributed by atoms with van der Waals surface area (Å²) in [6, 6.07) is 16.4. The Morgan fingerprint density at radius 1 is 0.962 bits per heavy atom. The normalized spacial score (nSPS) is 9.62. The Morgan fingerprint density at radius 2 is 1.62 bits per heavy atom. The van der Waals surface area contributed by atoms with Crippen molar-refractivity contribution in [1.82, 2.24) is 5.32 Å². The van der Waals surface area contributed by atoms with E-state index in [-0.39, 0.29) is 0 Å². The van der Waals surface area contributed by atoms with Gasteiger partial charge in [0.1, 0.15) is 11.5 Å². The second-order valence-electron chi connectivity index (χ2n) is 5.20. The van der Waals surface area contributed by atoms with Crippen LogP contribution in [0.3, 0.4) is 0 Å². The van der Waals surface area contributed by atoms with Crippen LogP contribution in [0.4, 0.5) is 0 Å². The molecule has 3 N–H and O–H groups in total. The molecule has 0 saturated carbocycles. The Balaban J connectivity index is 0.000000487. The zero-order chi connectivity index (χ0) is 19.4. The summed E-state index contributed by atoms with van der Waals surface area (Å²) in [5.41, 5.74) is 2.49. The molecule has 0 aliphatic heterocycles. The van der Waals surface area contributed by atoms with Gasteiger partial charge in [-0.15, -0.1) is 0 Å². The fourth-order valence-electron chi connectivity index (χ4n) is 2.10. The maximum absolute atomic E-state index is 9.10. The summed E-state index contributed by atoms with van der Waals surface area (Å²) >= 11 is 0. The van der Waals surface area contributed by atoms with E-state index in [1.807, 2.05) is 24.3 Å². The lowest BCUT2D eigenvalue weighted by atomic mass is 10.1. The van der Waals surface area contributed by atoms with Gasteiger partial charge < -0.3 is 25.0 Å². The van der Waals surface area contributed by atoms with Gasteiger partial charge in [0.15, 0.2) is 0 Å². The molecule has 0 aliphatic rings. The van der Waals surface area contributed by atoms with Crippen molar-refractivity contribution >= 4 is 11.9 Å². The van der Waals surface area contributed by atoms with Crippen LogP contribution in [-0.4, -0.2) is 42.9 Å². The molecule has 2 rings (SSSR count). The van der Waals surface area contributed by atoms with Gasteiger partial charge in [-0.1, -0.05) is 36.4 Å². The lowest BCUT2D eigenvalue weighted by molar-refractivity contribution is -0.159. The summed E-state index contributed by atoms with van der Waals surface area (Å²) in [6.45, 7) is 1.74. The van der Waals surface area contributed by atoms with Crippen LogP contribution >= 0.6 is 0 Å². The highest BCUT2D eigenvalue weighted by Gasteiger charge is 2.05. The third kappa shape index (κ3) is 7.67. The summed E-state index contributed by atoms with van der Waals surface area (Å²) in [6.07, 6.45) is 1.03. The Labute approximate surface area is 152 Å². The first-order valence-corrected chi connectivity index (χ1v) is 7.89. The van der Waals surface area contributed by atoms with E-state index < -0.39 is 11.9 Å². The molecular weight excluding hydrogens is 338 g/mol. The van der Waals surface area contributed by atoms with E-state index in [1.54, 1.807) is 14.2 Å². The van der Waals surface area contributed by atoms with E-state index in [9.17, 15) is 0 Å². The predicted molar refractivity (Wildman–Crippen MR) is 96.7 cm³/mol. The first kappa shape index (κ1) is 21.0. The highest BCUT2D eigenvalue weighted by atomic mass is 16.5. The lowest BCUT2D eigenvalue weighted by Crippen LogP contribution is -2.17. The molecule has 0 aliphatic carbocycles. The van der Waals surface area contributed by atoms with Crippen LogP contribution < -0.4 is 14.8 Å². The van der Waals surface area contributed by atoms with Crippen molar-refractivity contribution < 1.29 is 29.3 Å².